The van der Waals surface area contributed by atoms with Crippen molar-refractivity contribution in [3.8, 4) is 0 Å². The molecule has 1 spiro atoms. The van der Waals surface area contributed by atoms with Crippen LogP contribution in [0.3, 0.4) is 0 Å². The molecule has 9 heteroatoms. The Morgan fingerprint density at radius 1 is 1.33 bits per heavy atom. The van der Waals surface area contributed by atoms with Gasteiger partial charge in [0.25, 0.3) is 0 Å². The lowest BCUT2D eigenvalue weighted by Crippen LogP contribution is -2.71. The van der Waals surface area contributed by atoms with Crippen LogP contribution in [0.15, 0.2) is 0 Å². The highest BCUT2D eigenvalue weighted by Crippen LogP contribution is 2.33. The van der Waals surface area contributed by atoms with E-state index in [4.69, 9.17) is 14.6 Å². The number of halogens is 3. The maximum absolute atomic E-state index is 12.1. The van der Waals surface area contributed by atoms with E-state index in [0.717, 1.165) is 0 Å². The van der Waals surface area contributed by atoms with Gasteiger partial charge in [0.2, 0.25) is 0 Å². The first kappa shape index (κ1) is 13.1. The van der Waals surface area contributed by atoms with E-state index in [-0.39, 0.29) is 26.3 Å². The molecule has 0 aromatic carbocycles. The highest BCUT2D eigenvalue weighted by atomic mass is 19.4. The van der Waals surface area contributed by atoms with Crippen molar-refractivity contribution < 1.29 is 37.3 Å². The van der Waals surface area contributed by atoms with Crippen molar-refractivity contribution in [2.24, 2.45) is 0 Å². The molecule has 102 valence electrons. The molecule has 1 unspecified atom stereocenters. The first-order valence-corrected chi connectivity index (χ1v) is 5.08. The van der Waals surface area contributed by atoms with Gasteiger partial charge in [0.15, 0.2) is 6.10 Å². The smallest absolute Gasteiger partial charge is 0.471 e. The van der Waals surface area contributed by atoms with Gasteiger partial charge in [0.1, 0.15) is 5.60 Å². The van der Waals surface area contributed by atoms with E-state index in [1.165, 1.54) is 0 Å². The minimum atomic E-state index is -4.93. The Hall–Kier alpha value is -1.35. The van der Waals surface area contributed by atoms with Crippen molar-refractivity contribution in [2.45, 2.75) is 17.9 Å². The molecular formula is C9H10F3NO5. The average molecular weight is 269 g/mol. The Morgan fingerprint density at radius 3 is 2.44 bits per heavy atom. The van der Waals surface area contributed by atoms with E-state index in [9.17, 15) is 22.8 Å². The molecule has 1 atom stereocenters. The van der Waals surface area contributed by atoms with Crippen molar-refractivity contribution in [3.63, 3.8) is 0 Å². The summed E-state index contributed by atoms with van der Waals surface area (Å²) < 4.78 is 46.5. The number of amides is 1. The van der Waals surface area contributed by atoms with Crippen LogP contribution >= 0.6 is 0 Å². The van der Waals surface area contributed by atoms with Gasteiger partial charge in [-0.15, -0.1) is 0 Å². The van der Waals surface area contributed by atoms with Crippen molar-refractivity contribution >= 4 is 11.9 Å². The van der Waals surface area contributed by atoms with Gasteiger partial charge in [0.05, 0.1) is 26.3 Å². The lowest BCUT2D eigenvalue weighted by atomic mass is 9.93. The number of carboxylic acid groups (broad SMARTS) is 1. The number of hydrogen-bond donors (Lipinski definition) is 1. The van der Waals surface area contributed by atoms with E-state index in [0.29, 0.717) is 4.90 Å². The number of nitrogens with zero attached hydrogens (tertiary/aromatic N) is 1. The van der Waals surface area contributed by atoms with Crippen LogP contribution in [-0.2, 0) is 19.1 Å². The van der Waals surface area contributed by atoms with E-state index >= 15 is 0 Å². The van der Waals surface area contributed by atoms with Crippen LogP contribution in [0.4, 0.5) is 13.2 Å². The van der Waals surface area contributed by atoms with E-state index in [2.05, 4.69) is 0 Å². The Balaban J connectivity index is 1.95. The molecule has 2 saturated heterocycles. The van der Waals surface area contributed by atoms with Crippen molar-refractivity contribution in [1.29, 1.82) is 0 Å². The van der Waals surface area contributed by atoms with Gasteiger partial charge in [-0.1, -0.05) is 0 Å². The van der Waals surface area contributed by atoms with Crippen molar-refractivity contribution in [2.75, 3.05) is 26.3 Å². The van der Waals surface area contributed by atoms with Crippen LogP contribution in [0.2, 0.25) is 0 Å². The first-order valence-electron chi connectivity index (χ1n) is 5.08. The maximum atomic E-state index is 12.1. The maximum Gasteiger partial charge on any atom is 0.471 e. The molecule has 2 fully saturated rings. The molecule has 0 aromatic heterocycles. The van der Waals surface area contributed by atoms with Crippen molar-refractivity contribution in [3.05, 3.63) is 0 Å². The molecule has 2 aliphatic rings. The summed E-state index contributed by atoms with van der Waals surface area (Å²) in [7, 11) is 0. The van der Waals surface area contributed by atoms with E-state index < -0.39 is 29.8 Å². The molecule has 6 nitrogen and oxygen atoms in total. The summed E-state index contributed by atoms with van der Waals surface area (Å²) in [4.78, 5) is 22.1. The fraction of sp³-hybridized carbons (Fsp3) is 0.778. The number of carbonyl (C=O) groups is 2. The normalized spacial score (nSPS) is 26.8. The predicted octanol–water partition coefficient (Wildman–Crippen LogP) is -0.370. The molecule has 0 aliphatic carbocycles. The van der Waals surface area contributed by atoms with E-state index in [1.54, 1.807) is 0 Å². The lowest BCUT2D eigenvalue weighted by Gasteiger charge is -2.52. The van der Waals surface area contributed by atoms with E-state index in [1.807, 2.05) is 0 Å². The lowest BCUT2D eigenvalue weighted by molar-refractivity contribution is -0.257. The number of carbonyl (C=O) groups excluding carboxylic acids is 1. The van der Waals surface area contributed by atoms with Crippen LogP contribution in [0.25, 0.3) is 0 Å². The molecule has 0 radical (unpaired) electrons. The Bertz CT molecular complexity index is 377. The first-order chi connectivity index (χ1) is 8.23. The number of alkyl halides is 3. The number of carboxylic acids is 1. The standard InChI is InChI=1S/C9H10F3NO5/c10-9(11,12)7(16)13-2-8(3-13)4-17-1-5(18-8)6(14)15/h5H,1-4H2,(H,14,15). The number of hydrogen-bond acceptors (Lipinski definition) is 4. The number of likely N-dealkylation sites (tertiary alicyclic amines) is 1. The highest BCUT2D eigenvalue weighted by Gasteiger charge is 2.56. The van der Waals surface area contributed by atoms with Gasteiger partial charge < -0.3 is 19.5 Å². The molecular weight excluding hydrogens is 259 g/mol. The topological polar surface area (TPSA) is 76.1 Å². The molecule has 0 aromatic rings. The van der Waals surface area contributed by atoms with Crippen LogP contribution in [-0.4, -0.2) is 66.1 Å². The summed E-state index contributed by atoms with van der Waals surface area (Å²) in [6.45, 7) is -0.785. The molecule has 1 amide bonds. The molecule has 2 heterocycles. The van der Waals surface area contributed by atoms with Crippen LogP contribution in [0, 0.1) is 0 Å². The van der Waals surface area contributed by atoms with Crippen molar-refractivity contribution in [1.82, 2.24) is 4.90 Å². The van der Waals surface area contributed by atoms with Crippen LogP contribution in [0.5, 0.6) is 0 Å². The number of rotatable bonds is 1. The predicted molar refractivity (Wildman–Crippen MR) is 48.7 cm³/mol. The summed E-state index contributed by atoms with van der Waals surface area (Å²) in [6, 6.07) is 0. The Labute approximate surface area is 99.2 Å². The SMILES string of the molecule is O=C(O)C1COCC2(CN(C(=O)C(F)(F)F)C2)O1. The molecule has 0 bridgehead atoms. The third-order valence-electron chi connectivity index (χ3n) is 2.79. The van der Waals surface area contributed by atoms with Gasteiger partial charge in [-0.2, -0.15) is 13.2 Å². The number of aliphatic carboxylic acids is 1. The van der Waals surface area contributed by atoms with Crippen LogP contribution < -0.4 is 0 Å². The summed E-state index contributed by atoms with van der Waals surface area (Å²) in [6.07, 6.45) is -6.13. The summed E-state index contributed by atoms with van der Waals surface area (Å²) in [5, 5.41) is 8.73. The second-order valence-electron chi connectivity index (χ2n) is 4.30. The van der Waals surface area contributed by atoms with Gasteiger partial charge in [0, 0.05) is 0 Å². The zero-order chi connectivity index (χ0) is 13.6. The quantitative estimate of drug-likeness (QED) is 0.703. The minimum absolute atomic E-state index is 0.0155. The average Bonchev–Trinajstić information content (AvgIpc) is 2.23. The Kier molecular flexibility index (Phi) is 2.98. The van der Waals surface area contributed by atoms with Gasteiger partial charge in [-0.05, 0) is 0 Å². The number of ether oxygens (including phenoxy) is 2. The van der Waals surface area contributed by atoms with Gasteiger partial charge >= 0.3 is 18.1 Å². The molecule has 1 N–H and O–H groups in total. The molecule has 2 rings (SSSR count). The zero-order valence-corrected chi connectivity index (χ0v) is 9.07. The monoisotopic (exact) mass is 269 g/mol. The summed E-state index contributed by atoms with van der Waals surface area (Å²) in [5.41, 5.74) is -1.12. The fourth-order valence-corrected chi connectivity index (χ4v) is 1.98. The minimum Gasteiger partial charge on any atom is -0.479 e. The molecule has 0 saturated carbocycles. The fourth-order valence-electron chi connectivity index (χ4n) is 1.98. The molecule has 2 aliphatic heterocycles. The largest absolute Gasteiger partial charge is 0.479 e. The second-order valence-corrected chi connectivity index (χ2v) is 4.30. The summed E-state index contributed by atoms with van der Waals surface area (Å²) in [5.74, 6) is -3.19. The Morgan fingerprint density at radius 2 is 1.94 bits per heavy atom. The molecule has 18 heavy (non-hydrogen) atoms. The highest BCUT2D eigenvalue weighted by molar-refractivity contribution is 5.83. The van der Waals surface area contributed by atoms with Crippen LogP contribution in [0.1, 0.15) is 0 Å². The zero-order valence-electron chi connectivity index (χ0n) is 9.07. The van der Waals surface area contributed by atoms with Gasteiger partial charge in [-0.3, -0.25) is 4.79 Å². The summed E-state index contributed by atoms with van der Waals surface area (Å²) >= 11 is 0. The second kappa shape index (κ2) is 4.09. The third-order valence-corrected chi connectivity index (χ3v) is 2.79. The van der Waals surface area contributed by atoms with Gasteiger partial charge in [-0.25, -0.2) is 4.79 Å². The third kappa shape index (κ3) is 2.27.